The van der Waals surface area contributed by atoms with E-state index in [-0.39, 0.29) is 5.91 Å². The van der Waals surface area contributed by atoms with Gasteiger partial charge in [-0.2, -0.15) is 0 Å². The van der Waals surface area contributed by atoms with Crippen molar-refractivity contribution in [3.63, 3.8) is 0 Å². The first-order valence-corrected chi connectivity index (χ1v) is 10.3. The van der Waals surface area contributed by atoms with E-state index in [1.54, 1.807) is 0 Å². The predicted octanol–water partition coefficient (Wildman–Crippen LogP) is 4.96. The van der Waals surface area contributed by atoms with E-state index in [0.29, 0.717) is 6.42 Å². The molecule has 0 heterocycles. The average molecular weight is 372 g/mol. The second kappa shape index (κ2) is 21.7. The lowest BCUT2D eigenvalue weighted by molar-refractivity contribution is -0.145. The second-order valence-electron chi connectivity index (χ2n) is 6.81. The highest BCUT2D eigenvalue weighted by molar-refractivity contribution is 5.73. The van der Waals surface area contributed by atoms with Crippen LogP contribution in [0.1, 0.15) is 104 Å². The molecule has 0 saturated heterocycles. The number of carboxylic acid groups (broad SMARTS) is 1. The number of unbranched alkanes of at least 4 members (excludes halogenated alkanes) is 11. The van der Waals surface area contributed by atoms with Crippen LogP contribution >= 0.6 is 0 Å². The molecule has 0 spiro atoms. The molecule has 5 heteroatoms. The van der Waals surface area contributed by atoms with Crippen molar-refractivity contribution in [2.24, 2.45) is 5.73 Å². The third-order valence-corrected chi connectivity index (χ3v) is 4.04. The highest BCUT2D eigenvalue weighted by Gasteiger charge is 2.01. The Hall–Kier alpha value is -1.36. The number of carbonyl (C=O) groups is 2. The van der Waals surface area contributed by atoms with E-state index in [0.717, 1.165) is 12.8 Å². The summed E-state index contributed by atoms with van der Waals surface area (Å²) >= 11 is 0. The lowest BCUT2D eigenvalue weighted by Crippen LogP contribution is -2.13. The maximum absolute atomic E-state index is 10.5. The molecule has 1 amide bonds. The molecule has 0 aliphatic carbocycles. The Balaban J connectivity index is 0. The number of nitrogens with two attached hydrogens (primary N) is 1. The van der Waals surface area contributed by atoms with Gasteiger partial charge in [-0.25, -0.2) is 4.79 Å². The third kappa shape index (κ3) is 27.5. The second-order valence-corrected chi connectivity index (χ2v) is 6.81. The number of aliphatic carboxylic acids is 1. The van der Waals surface area contributed by atoms with E-state index >= 15 is 0 Å². The molecule has 1 atom stereocenters. The van der Waals surface area contributed by atoms with Crippen LogP contribution in [0.15, 0.2) is 12.2 Å². The number of allylic oxidation sites excluding steroid dienone is 2. The summed E-state index contributed by atoms with van der Waals surface area (Å²) in [6.45, 7) is 3.46. The first-order valence-electron chi connectivity index (χ1n) is 10.3. The zero-order valence-electron chi connectivity index (χ0n) is 16.9. The van der Waals surface area contributed by atoms with Crippen LogP contribution in [-0.4, -0.2) is 28.2 Å². The zero-order chi connectivity index (χ0) is 20.0. The van der Waals surface area contributed by atoms with Crippen LogP contribution in [0.5, 0.6) is 0 Å². The Bertz CT molecular complexity index is 354. The Morgan fingerprint density at radius 1 is 0.846 bits per heavy atom. The summed E-state index contributed by atoms with van der Waals surface area (Å²) in [4.78, 5) is 20.0. The lowest BCUT2D eigenvalue weighted by Gasteiger charge is -1.99. The monoisotopic (exact) mass is 371 g/mol. The maximum Gasteiger partial charge on any atom is 0.332 e. The van der Waals surface area contributed by atoms with Gasteiger partial charge in [0, 0.05) is 6.42 Å². The van der Waals surface area contributed by atoms with Crippen molar-refractivity contribution in [2.75, 3.05) is 0 Å². The topological polar surface area (TPSA) is 101 Å². The van der Waals surface area contributed by atoms with Gasteiger partial charge in [-0.3, -0.25) is 4.79 Å². The molecule has 0 saturated carbocycles. The summed E-state index contributed by atoms with van der Waals surface area (Å²) in [7, 11) is 0. The Morgan fingerprint density at radius 2 is 1.23 bits per heavy atom. The summed E-state index contributed by atoms with van der Waals surface area (Å²) in [5.74, 6) is -1.35. The SMILES string of the molecule is CC(O)C(=O)O.CCCCCCCC/C=C\CCCCCCCC(N)=O. The fourth-order valence-electron chi connectivity index (χ4n) is 2.37. The number of primary amides is 1. The first kappa shape index (κ1) is 26.9. The normalized spacial score (nSPS) is 11.8. The highest BCUT2D eigenvalue weighted by Crippen LogP contribution is 2.09. The maximum atomic E-state index is 10.5. The molecule has 154 valence electrons. The fourth-order valence-corrected chi connectivity index (χ4v) is 2.37. The number of carbonyl (C=O) groups excluding carboxylic acids is 1. The van der Waals surface area contributed by atoms with Gasteiger partial charge < -0.3 is 15.9 Å². The number of hydrogen-bond acceptors (Lipinski definition) is 3. The van der Waals surface area contributed by atoms with Crippen molar-refractivity contribution in [2.45, 2.75) is 110 Å². The van der Waals surface area contributed by atoms with E-state index in [1.165, 1.54) is 77.6 Å². The van der Waals surface area contributed by atoms with Crippen LogP contribution in [0.2, 0.25) is 0 Å². The molecule has 5 nitrogen and oxygen atoms in total. The molecule has 0 bridgehead atoms. The molecule has 0 fully saturated rings. The Kier molecular flexibility index (Phi) is 22.4. The van der Waals surface area contributed by atoms with E-state index in [1.807, 2.05) is 0 Å². The standard InChI is InChI=1S/C18H35NO.C3H6O3/c1-2-3-4-5-6-7-8-9-10-11-12-13-14-15-16-17-18(19)20;1-2(4)3(5)6/h9-10H,2-8,11-17H2,1H3,(H2,19,20);2,4H,1H3,(H,5,6)/b10-9-;. The van der Waals surface area contributed by atoms with Gasteiger partial charge in [-0.15, -0.1) is 0 Å². The largest absolute Gasteiger partial charge is 0.479 e. The lowest BCUT2D eigenvalue weighted by atomic mass is 10.1. The van der Waals surface area contributed by atoms with E-state index in [4.69, 9.17) is 15.9 Å². The summed E-state index contributed by atoms with van der Waals surface area (Å²) in [6.07, 6.45) is 20.7. The van der Waals surface area contributed by atoms with Crippen LogP contribution in [0.4, 0.5) is 0 Å². The van der Waals surface area contributed by atoms with Crippen molar-refractivity contribution in [1.29, 1.82) is 0 Å². The molecule has 0 aliphatic heterocycles. The van der Waals surface area contributed by atoms with E-state index < -0.39 is 12.1 Å². The fraction of sp³-hybridized carbons (Fsp3) is 0.810. The number of carboxylic acids is 1. The zero-order valence-corrected chi connectivity index (χ0v) is 16.9. The molecule has 0 rings (SSSR count). The summed E-state index contributed by atoms with van der Waals surface area (Å²) in [5.41, 5.74) is 5.10. The van der Waals surface area contributed by atoms with Crippen molar-refractivity contribution in [3.05, 3.63) is 12.2 Å². The van der Waals surface area contributed by atoms with Gasteiger partial charge in [-0.1, -0.05) is 70.4 Å². The summed E-state index contributed by atoms with van der Waals surface area (Å²) in [6, 6.07) is 0. The van der Waals surface area contributed by atoms with Crippen LogP contribution in [0, 0.1) is 0 Å². The Labute approximate surface area is 160 Å². The quantitative estimate of drug-likeness (QED) is 0.263. The van der Waals surface area contributed by atoms with E-state index in [9.17, 15) is 9.59 Å². The minimum Gasteiger partial charge on any atom is -0.479 e. The number of rotatable bonds is 16. The minimum absolute atomic E-state index is 0.164. The highest BCUT2D eigenvalue weighted by atomic mass is 16.4. The van der Waals surface area contributed by atoms with Gasteiger partial charge >= 0.3 is 5.97 Å². The van der Waals surface area contributed by atoms with Crippen molar-refractivity contribution >= 4 is 11.9 Å². The molecular weight excluding hydrogens is 330 g/mol. The van der Waals surface area contributed by atoms with Crippen LogP contribution in [-0.2, 0) is 9.59 Å². The van der Waals surface area contributed by atoms with Gasteiger partial charge in [0.05, 0.1) is 0 Å². The average Bonchev–Trinajstić information content (AvgIpc) is 2.58. The predicted molar refractivity (Wildman–Crippen MR) is 108 cm³/mol. The molecule has 0 aromatic heterocycles. The molecule has 4 N–H and O–H groups in total. The van der Waals surface area contributed by atoms with Gasteiger partial charge in [0.25, 0.3) is 0 Å². The van der Waals surface area contributed by atoms with Crippen molar-refractivity contribution in [3.8, 4) is 0 Å². The molecule has 0 radical (unpaired) electrons. The van der Waals surface area contributed by atoms with Gasteiger partial charge in [0.15, 0.2) is 0 Å². The molecule has 0 aromatic rings. The van der Waals surface area contributed by atoms with Crippen molar-refractivity contribution in [1.82, 2.24) is 0 Å². The molecule has 0 aromatic carbocycles. The van der Waals surface area contributed by atoms with Gasteiger partial charge in [-0.05, 0) is 39.0 Å². The molecular formula is C21H41NO4. The third-order valence-electron chi connectivity index (χ3n) is 4.04. The van der Waals surface area contributed by atoms with E-state index in [2.05, 4.69) is 19.1 Å². The summed E-state index contributed by atoms with van der Waals surface area (Å²) < 4.78 is 0. The van der Waals surface area contributed by atoms with Crippen LogP contribution in [0.3, 0.4) is 0 Å². The van der Waals surface area contributed by atoms with Crippen molar-refractivity contribution < 1.29 is 19.8 Å². The smallest absolute Gasteiger partial charge is 0.332 e. The number of aliphatic hydroxyl groups excluding tert-OH is 1. The number of hydrogen-bond donors (Lipinski definition) is 3. The number of amides is 1. The van der Waals surface area contributed by atoms with Gasteiger partial charge in [0.2, 0.25) is 5.91 Å². The van der Waals surface area contributed by atoms with Crippen LogP contribution in [0.25, 0.3) is 0 Å². The minimum atomic E-state index is -1.23. The van der Waals surface area contributed by atoms with Crippen LogP contribution < -0.4 is 5.73 Å². The van der Waals surface area contributed by atoms with Gasteiger partial charge in [0.1, 0.15) is 6.10 Å². The molecule has 0 aliphatic rings. The molecule has 1 unspecified atom stereocenters. The number of aliphatic hydroxyl groups is 1. The molecule has 26 heavy (non-hydrogen) atoms. The Morgan fingerprint density at radius 3 is 1.62 bits per heavy atom. The summed E-state index contributed by atoms with van der Waals surface area (Å²) in [5, 5.41) is 15.8. The first-order chi connectivity index (χ1) is 12.4.